The number of hydrogen-bond donors (Lipinski definition) is 6. The first-order chi connectivity index (χ1) is 31.8. The molecule has 0 bridgehead atoms. The molecule has 0 aliphatic heterocycles. The van der Waals surface area contributed by atoms with Crippen molar-refractivity contribution in [3.63, 3.8) is 0 Å². The van der Waals surface area contributed by atoms with E-state index in [4.69, 9.17) is 14.3 Å². The van der Waals surface area contributed by atoms with Crippen molar-refractivity contribution in [1.82, 2.24) is 31.4 Å². The number of rotatable bonds is 28. The number of unbranched alkanes of at least 4 members (excludes halogenated alkanes) is 2. The van der Waals surface area contributed by atoms with Gasteiger partial charge in [-0.15, -0.1) is 0 Å². The molecule has 66 heavy (non-hydrogen) atoms. The number of hydrogen-bond acceptors (Lipinski definition) is 11. The van der Waals surface area contributed by atoms with E-state index >= 15 is 0 Å². The van der Waals surface area contributed by atoms with E-state index in [2.05, 4.69) is 21.3 Å². The average molecular weight is 911 g/mol. The van der Waals surface area contributed by atoms with Crippen LogP contribution in [-0.4, -0.2) is 100 Å². The number of carbonyl (C=O) groups is 7. The maximum atomic E-state index is 13.5. The SMILES string of the molecule is CC(=O)N(O)C[C@H](NC(=O)CNC(=O)[C@H](CCCN(OCc1ccccc1)C(C)=O)NC(=O)CCCCCNC(=O)c1cccc(OCc2ccccc2)c1OCc1ccccc1)C(=O)O. The Morgan fingerprint density at radius 1 is 0.621 bits per heavy atom. The van der Waals surface area contributed by atoms with Crippen molar-refractivity contribution in [2.45, 2.75) is 84.3 Å². The quantitative estimate of drug-likeness (QED) is 0.0266. The van der Waals surface area contributed by atoms with Crippen molar-refractivity contribution in [1.29, 1.82) is 0 Å². The first kappa shape index (κ1) is 51.3. The van der Waals surface area contributed by atoms with Crippen LogP contribution in [0.15, 0.2) is 109 Å². The minimum atomic E-state index is -1.67. The van der Waals surface area contributed by atoms with Crippen LogP contribution in [0.4, 0.5) is 0 Å². The van der Waals surface area contributed by atoms with Gasteiger partial charge >= 0.3 is 5.97 Å². The first-order valence-corrected chi connectivity index (χ1v) is 21.6. The molecule has 6 N–H and O–H groups in total. The summed E-state index contributed by atoms with van der Waals surface area (Å²) in [4.78, 5) is 93.6. The fourth-order valence-electron chi connectivity index (χ4n) is 6.34. The number of hydroxylamine groups is 4. The van der Waals surface area contributed by atoms with Crippen molar-refractivity contribution in [2.24, 2.45) is 0 Å². The lowest BCUT2D eigenvalue weighted by molar-refractivity contribution is -0.189. The Morgan fingerprint density at radius 2 is 1.21 bits per heavy atom. The molecule has 352 valence electrons. The molecule has 0 unspecified atom stereocenters. The lowest BCUT2D eigenvalue weighted by Crippen LogP contribution is -2.53. The average Bonchev–Trinajstić information content (AvgIpc) is 3.31. The van der Waals surface area contributed by atoms with Gasteiger partial charge in [-0.05, 0) is 54.5 Å². The van der Waals surface area contributed by atoms with Crippen LogP contribution < -0.4 is 30.7 Å². The van der Waals surface area contributed by atoms with Gasteiger partial charge in [0, 0.05) is 33.4 Å². The highest BCUT2D eigenvalue weighted by molar-refractivity contribution is 5.98. The van der Waals surface area contributed by atoms with E-state index in [0.717, 1.165) is 28.7 Å². The monoisotopic (exact) mass is 910 g/mol. The molecule has 0 heterocycles. The summed E-state index contributed by atoms with van der Waals surface area (Å²) in [5, 5.41) is 30.5. The molecule has 0 aromatic heterocycles. The second-order valence-electron chi connectivity index (χ2n) is 15.2. The van der Waals surface area contributed by atoms with Crippen LogP contribution >= 0.6 is 0 Å². The second kappa shape index (κ2) is 27.8. The van der Waals surface area contributed by atoms with Crippen molar-refractivity contribution in [3.05, 3.63) is 131 Å². The highest BCUT2D eigenvalue weighted by Crippen LogP contribution is 2.33. The van der Waals surface area contributed by atoms with Crippen LogP contribution in [0.2, 0.25) is 0 Å². The lowest BCUT2D eigenvalue weighted by Gasteiger charge is -2.23. The number of ether oxygens (including phenoxy) is 2. The highest BCUT2D eigenvalue weighted by Gasteiger charge is 2.26. The first-order valence-electron chi connectivity index (χ1n) is 21.6. The number of carboxylic acids is 1. The molecule has 0 saturated carbocycles. The zero-order valence-electron chi connectivity index (χ0n) is 37.1. The third-order valence-electron chi connectivity index (χ3n) is 9.92. The summed E-state index contributed by atoms with van der Waals surface area (Å²) in [5.41, 5.74) is 3.00. The molecule has 4 aromatic carbocycles. The molecule has 18 nitrogen and oxygen atoms in total. The molecule has 4 rings (SSSR count). The van der Waals surface area contributed by atoms with Gasteiger partial charge in [-0.25, -0.2) is 14.9 Å². The Hall–Kier alpha value is -7.31. The minimum absolute atomic E-state index is 0.0321. The summed E-state index contributed by atoms with van der Waals surface area (Å²) in [5.74, 6) is -4.51. The molecular weight excluding hydrogens is 853 g/mol. The Kier molecular flexibility index (Phi) is 21.6. The van der Waals surface area contributed by atoms with E-state index < -0.39 is 54.8 Å². The Bertz CT molecular complexity index is 2200. The number of benzene rings is 4. The van der Waals surface area contributed by atoms with E-state index in [-0.39, 0.29) is 62.5 Å². The third-order valence-corrected chi connectivity index (χ3v) is 9.92. The third kappa shape index (κ3) is 18.4. The van der Waals surface area contributed by atoms with Crippen molar-refractivity contribution < 1.29 is 58.2 Å². The predicted molar refractivity (Wildman–Crippen MR) is 240 cm³/mol. The molecule has 0 radical (unpaired) electrons. The van der Waals surface area contributed by atoms with E-state index in [1.807, 2.05) is 91.0 Å². The zero-order chi connectivity index (χ0) is 47.7. The smallest absolute Gasteiger partial charge is 0.328 e. The maximum absolute atomic E-state index is 13.5. The number of nitrogens with zero attached hydrogens (tertiary/aromatic N) is 2. The summed E-state index contributed by atoms with van der Waals surface area (Å²) in [7, 11) is 0. The standard InChI is InChI=1S/C48H58N6O12/c1-34(55)53(63)30-41(48(61)62)52-44(58)29-50-47(60)40(24-16-28-54(35(2)56)66-33-38-21-11-5-12-22-38)51-43(57)26-13-6-14-27-49-46(59)39-23-15-25-42(64-31-36-17-7-3-8-18-36)45(39)65-32-37-19-9-4-10-20-37/h3-5,7-12,15,17-23,25,40-41,63H,6,13-14,16,24,26-33H2,1-2H3,(H,49,59)(H,50,60)(H,51,57)(H,52,58)(H,61,62)/t40-,41-/m0/s1. The number of amides is 6. The number of para-hydroxylation sites is 1. The van der Waals surface area contributed by atoms with Crippen LogP contribution in [-0.2, 0) is 53.4 Å². The van der Waals surface area contributed by atoms with E-state index in [1.54, 1.807) is 18.2 Å². The van der Waals surface area contributed by atoms with Gasteiger partial charge in [0.05, 0.1) is 18.7 Å². The van der Waals surface area contributed by atoms with Crippen molar-refractivity contribution in [2.75, 3.05) is 26.2 Å². The molecule has 0 aliphatic carbocycles. The second-order valence-corrected chi connectivity index (χ2v) is 15.2. The topological polar surface area (TPSA) is 242 Å². The van der Waals surface area contributed by atoms with Crippen molar-refractivity contribution in [3.8, 4) is 11.5 Å². The van der Waals surface area contributed by atoms with Crippen LogP contribution in [0.5, 0.6) is 11.5 Å². The van der Waals surface area contributed by atoms with E-state index in [1.165, 1.54) is 6.92 Å². The molecule has 0 aliphatic rings. The number of nitrogens with one attached hydrogen (secondary N) is 4. The normalized spacial score (nSPS) is 11.6. The van der Waals surface area contributed by atoms with Crippen molar-refractivity contribution >= 4 is 41.4 Å². The Balaban J connectivity index is 1.30. The number of carbonyl (C=O) groups excluding carboxylic acids is 6. The van der Waals surface area contributed by atoms with E-state index in [0.29, 0.717) is 42.9 Å². The Morgan fingerprint density at radius 3 is 1.80 bits per heavy atom. The number of aliphatic carboxylic acids is 1. The molecule has 0 spiro atoms. The summed E-state index contributed by atoms with van der Waals surface area (Å²) < 4.78 is 12.3. The summed E-state index contributed by atoms with van der Waals surface area (Å²) in [6, 6.07) is 30.7. The molecule has 18 heteroatoms. The van der Waals surface area contributed by atoms with Crippen LogP contribution in [0.1, 0.15) is 79.4 Å². The van der Waals surface area contributed by atoms with Gasteiger partial charge in [-0.1, -0.05) is 103 Å². The Labute approximate surface area is 383 Å². The van der Waals surface area contributed by atoms with Crippen LogP contribution in [0.25, 0.3) is 0 Å². The fourth-order valence-corrected chi connectivity index (χ4v) is 6.34. The van der Waals surface area contributed by atoms with Gasteiger partial charge in [0.1, 0.15) is 31.9 Å². The number of carboxylic acid groups (broad SMARTS) is 1. The summed E-state index contributed by atoms with van der Waals surface area (Å²) >= 11 is 0. The summed E-state index contributed by atoms with van der Waals surface area (Å²) in [6.45, 7) is 1.91. The zero-order valence-corrected chi connectivity index (χ0v) is 37.1. The lowest BCUT2D eigenvalue weighted by atomic mass is 10.1. The van der Waals surface area contributed by atoms with Gasteiger partial charge in [0.2, 0.25) is 29.5 Å². The van der Waals surface area contributed by atoms with Gasteiger partial charge in [-0.2, -0.15) is 0 Å². The summed E-state index contributed by atoms with van der Waals surface area (Å²) in [6.07, 6.45) is 1.77. The molecule has 6 amide bonds. The molecule has 0 fully saturated rings. The molecule has 4 aromatic rings. The minimum Gasteiger partial charge on any atom is -0.485 e. The van der Waals surface area contributed by atoms with Gasteiger partial charge in [-0.3, -0.25) is 38.8 Å². The molecule has 0 saturated heterocycles. The highest BCUT2D eigenvalue weighted by atomic mass is 16.7. The molecule has 2 atom stereocenters. The van der Waals surface area contributed by atoms with Gasteiger partial charge < -0.3 is 35.8 Å². The largest absolute Gasteiger partial charge is 0.485 e. The van der Waals surface area contributed by atoms with Crippen LogP contribution in [0.3, 0.4) is 0 Å². The molecular formula is C48H58N6O12. The van der Waals surface area contributed by atoms with Gasteiger partial charge in [0.25, 0.3) is 5.91 Å². The fraction of sp³-hybridized carbons (Fsp3) is 0.354. The van der Waals surface area contributed by atoms with Crippen LogP contribution in [0, 0.1) is 0 Å². The van der Waals surface area contributed by atoms with E-state index in [9.17, 15) is 43.9 Å². The maximum Gasteiger partial charge on any atom is 0.328 e. The van der Waals surface area contributed by atoms with Gasteiger partial charge in [0.15, 0.2) is 11.5 Å². The predicted octanol–water partition coefficient (Wildman–Crippen LogP) is 4.30.